The molecule has 0 amide bonds. The van der Waals surface area contributed by atoms with Crippen molar-refractivity contribution in [1.29, 1.82) is 0 Å². The van der Waals surface area contributed by atoms with Gasteiger partial charge in [0, 0.05) is 18.2 Å². The predicted molar refractivity (Wildman–Crippen MR) is 138 cm³/mol. The third-order valence-electron chi connectivity index (χ3n) is 5.29. The molecule has 0 heterocycles. The van der Waals surface area contributed by atoms with E-state index in [0.717, 1.165) is 11.1 Å². The van der Waals surface area contributed by atoms with Crippen LogP contribution in [0.1, 0.15) is 27.9 Å². The minimum atomic E-state index is -0.462. The number of hydrogen-bond donors (Lipinski definition) is 0. The van der Waals surface area contributed by atoms with Crippen molar-refractivity contribution >= 4 is 29.8 Å². The van der Waals surface area contributed by atoms with Gasteiger partial charge < -0.3 is 23.7 Å². The fourth-order valence-electron chi connectivity index (χ4n) is 3.55. The van der Waals surface area contributed by atoms with Crippen LogP contribution in [0.2, 0.25) is 0 Å². The Kier molecular flexibility index (Phi) is 9.05. The Balaban J connectivity index is 1.90. The maximum atomic E-state index is 13.4. The van der Waals surface area contributed by atoms with Gasteiger partial charge >= 0.3 is 0 Å². The van der Waals surface area contributed by atoms with Gasteiger partial charge in [-0.1, -0.05) is 24.3 Å². The van der Waals surface area contributed by atoms with E-state index in [9.17, 15) is 9.18 Å². The van der Waals surface area contributed by atoms with Crippen LogP contribution in [0.4, 0.5) is 10.1 Å². The zero-order chi connectivity index (χ0) is 26.1. The monoisotopic (exact) mass is 493 g/mol. The van der Waals surface area contributed by atoms with Crippen LogP contribution in [0.5, 0.6) is 28.7 Å². The molecular weight excluding hydrogens is 465 g/mol. The third kappa shape index (κ3) is 6.21. The molecule has 7 nitrogen and oxygen atoms in total. The molecule has 0 fully saturated rings. The topological polar surface area (TPSA) is 75.6 Å². The van der Waals surface area contributed by atoms with Crippen molar-refractivity contribution in [2.45, 2.75) is 6.42 Å². The number of carbonyl (C=O) groups excluding carboxylic acids is 1. The van der Waals surface area contributed by atoms with E-state index in [2.05, 4.69) is 4.99 Å². The summed E-state index contributed by atoms with van der Waals surface area (Å²) in [6.07, 6.45) is 5.23. The lowest BCUT2D eigenvalue weighted by Crippen LogP contribution is -2.00. The van der Waals surface area contributed by atoms with Crippen LogP contribution >= 0.6 is 0 Å². The molecule has 0 bridgehead atoms. The summed E-state index contributed by atoms with van der Waals surface area (Å²) in [5, 5.41) is 0. The van der Waals surface area contributed by atoms with Gasteiger partial charge in [0.25, 0.3) is 0 Å². The molecule has 0 aromatic heterocycles. The maximum Gasteiger partial charge on any atom is 0.203 e. The second-order valence-electron chi connectivity index (χ2n) is 7.52. The average molecular weight is 494 g/mol. The number of carbonyl (C=O) groups is 1. The lowest BCUT2D eigenvalue weighted by molar-refractivity contribution is 0.100. The lowest BCUT2D eigenvalue weighted by Gasteiger charge is -2.13. The molecule has 0 unspecified atom stereocenters. The minimum Gasteiger partial charge on any atom is -0.493 e. The zero-order valence-electron chi connectivity index (χ0n) is 20.8. The van der Waals surface area contributed by atoms with Crippen LogP contribution in [0.25, 0.3) is 12.2 Å². The Hall–Kier alpha value is -4.33. The van der Waals surface area contributed by atoms with Gasteiger partial charge in [-0.2, -0.15) is 0 Å². The maximum absolute atomic E-state index is 13.4. The Morgan fingerprint density at radius 3 is 1.86 bits per heavy atom. The summed E-state index contributed by atoms with van der Waals surface area (Å²) in [5.41, 5.74) is 2.37. The quantitative estimate of drug-likeness (QED) is 0.185. The summed E-state index contributed by atoms with van der Waals surface area (Å²) < 4.78 is 40.6. The van der Waals surface area contributed by atoms with Crippen LogP contribution < -0.4 is 23.7 Å². The zero-order valence-corrected chi connectivity index (χ0v) is 20.8. The summed E-state index contributed by atoms with van der Waals surface area (Å²) in [6.45, 7) is 0. The molecule has 0 N–H and O–H groups in total. The summed E-state index contributed by atoms with van der Waals surface area (Å²) >= 11 is 0. The molecule has 0 saturated carbocycles. The van der Waals surface area contributed by atoms with E-state index in [4.69, 9.17) is 23.7 Å². The summed E-state index contributed by atoms with van der Waals surface area (Å²) in [7, 11) is 7.71. The number of methoxy groups -OCH3 is 5. The molecule has 0 spiro atoms. The van der Waals surface area contributed by atoms with Crippen LogP contribution in [-0.2, 0) is 0 Å². The number of halogens is 1. The Labute approximate surface area is 209 Å². The molecule has 0 aliphatic heterocycles. The standard InChI is InChI=1S/C28H28FNO6/c1-32-24-14-18(9-10-19-15-25(33-2)28(36-5)26(16-19)34-3)13-22(27(24)35-4)30-12-11-23(31)20-7-6-8-21(29)17-20/h6-10,12-17H,11H2,1-5H3/b10-9-,30-12?. The second-order valence-corrected chi connectivity index (χ2v) is 7.52. The normalized spacial score (nSPS) is 11.1. The molecule has 0 aliphatic rings. The van der Waals surface area contributed by atoms with Crippen molar-refractivity contribution in [3.05, 3.63) is 71.0 Å². The van der Waals surface area contributed by atoms with E-state index in [0.29, 0.717) is 34.4 Å². The first-order chi connectivity index (χ1) is 17.4. The molecule has 188 valence electrons. The van der Waals surface area contributed by atoms with Gasteiger partial charge in [-0.3, -0.25) is 9.79 Å². The molecule has 3 rings (SSSR count). The number of ether oxygens (including phenoxy) is 5. The first-order valence-corrected chi connectivity index (χ1v) is 11.0. The third-order valence-corrected chi connectivity index (χ3v) is 5.29. The van der Waals surface area contributed by atoms with Crippen LogP contribution in [0.15, 0.2) is 53.5 Å². The van der Waals surface area contributed by atoms with Gasteiger partial charge in [0.1, 0.15) is 11.5 Å². The lowest BCUT2D eigenvalue weighted by atomic mass is 10.1. The summed E-state index contributed by atoms with van der Waals surface area (Å²) in [5.74, 6) is 1.78. The van der Waals surface area contributed by atoms with E-state index in [1.165, 1.54) is 38.6 Å². The SMILES string of the molecule is COc1cc(/C=C\c2cc(OC)c(OC)c(OC)c2)cc(N=CCC(=O)c2cccc(F)c2)c1OC. The average Bonchev–Trinajstić information content (AvgIpc) is 2.90. The molecule has 0 saturated heterocycles. The van der Waals surface area contributed by atoms with Crippen LogP contribution in [-0.4, -0.2) is 47.5 Å². The van der Waals surface area contributed by atoms with Crippen molar-refractivity contribution in [1.82, 2.24) is 0 Å². The van der Waals surface area contributed by atoms with Gasteiger partial charge in [-0.25, -0.2) is 4.39 Å². The molecular formula is C28H28FNO6. The molecule has 3 aromatic carbocycles. The molecule has 3 aromatic rings. The highest BCUT2D eigenvalue weighted by atomic mass is 19.1. The smallest absolute Gasteiger partial charge is 0.203 e. The van der Waals surface area contributed by atoms with Gasteiger partial charge in [0.05, 0.1) is 35.5 Å². The number of aliphatic imine (C=N–C) groups is 1. The molecule has 36 heavy (non-hydrogen) atoms. The highest BCUT2D eigenvalue weighted by Gasteiger charge is 2.14. The first-order valence-electron chi connectivity index (χ1n) is 11.0. The fourth-order valence-corrected chi connectivity index (χ4v) is 3.55. The number of nitrogens with zero attached hydrogens (tertiary/aromatic N) is 1. The molecule has 0 atom stereocenters. The molecule has 0 radical (unpaired) electrons. The first kappa shape index (κ1) is 26.3. The highest BCUT2D eigenvalue weighted by Crippen LogP contribution is 2.40. The summed E-state index contributed by atoms with van der Waals surface area (Å²) in [6, 6.07) is 12.8. The fraction of sp³-hybridized carbons (Fsp3) is 0.214. The van der Waals surface area contributed by atoms with Crippen molar-refractivity contribution in [3.63, 3.8) is 0 Å². The highest BCUT2D eigenvalue weighted by molar-refractivity contribution is 6.04. The van der Waals surface area contributed by atoms with E-state index < -0.39 is 5.82 Å². The Bertz CT molecular complexity index is 1260. The number of hydrogen-bond acceptors (Lipinski definition) is 7. The Morgan fingerprint density at radius 2 is 1.33 bits per heavy atom. The van der Waals surface area contributed by atoms with Gasteiger partial charge in [0.15, 0.2) is 28.8 Å². The van der Waals surface area contributed by atoms with E-state index in [1.54, 1.807) is 33.5 Å². The predicted octanol–water partition coefficient (Wildman–Crippen LogP) is 6.01. The summed E-state index contributed by atoms with van der Waals surface area (Å²) in [4.78, 5) is 16.8. The van der Waals surface area contributed by atoms with Crippen molar-refractivity contribution in [2.75, 3.05) is 35.5 Å². The van der Waals surface area contributed by atoms with Gasteiger partial charge in [0.2, 0.25) is 5.75 Å². The number of ketones is 1. The molecule has 8 heteroatoms. The van der Waals surface area contributed by atoms with Crippen LogP contribution in [0, 0.1) is 5.82 Å². The van der Waals surface area contributed by atoms with Gasteiger partial charge in [-0.05, 0) is 47.5 Å². The molecule has 0 aliphatic carbocycles. The van der Waals surface area contributed by atoms with Gasteiger partial charge in [-0.15, -0.1) is 0 Å². The number of benzene rings is 3. The van der Waals surface area contributed by atoms with E-state index in [1.807, 2.05) is 30.4 Å². The van der Waals surface area contributed by atoms with E-state index in [-0.39, 0.29) is 17.8 Å². The van der Waals surface area contributed by atoms with E-state index >= 15 is 0 Å². The minimum absolute atomic E-state index is 0.000424. The van der Waals surface area contributed by atoms with Crippen molar-refractivity contribution < 1.29 is 32.9 Å². The number of rotatable bonds is 11. The Morgan fingerprint density at radius 1 is 0.778 bits per heavy atom. The largest absolute Gasteiger partial charge is 0.493 e. The number of Topliss-reactive ketones (excluding diaryl/α,β-unsaturated/α-hetero) is 1. The van der Waals surface area contributed by atoms with Crippen molar-refractivity contribution in [2.24, 2.45) is 4.99 Å². The van der Waals surface area contributed by atoms with Crippen LogP contribution in [0.3, 0.4) is 0 Å². The second kappa shape index (κ2) is 12.4. The van der Waals surface area contributed by atoms with Crippen molar-refractivity contribution in [3.8, 4) is 28.7 Å².